The first-order valence-electron chi connectivity index (χ1n) is 8.48. The summed E-state index contributed by atoms with van der Waals surface area (Å²) in [6.07, 6.45) is 1.75. The fraction of sp³-hybridized carbons (Fsp3) is 0.0455. The minimum absolute atomic E-state index is 0.656. The number of aromatic nitrogens is 2. The van der Waals surface area contributed by atoms with Gasteiger partial charge in [-0.05, 0) is 23.6 Å². The summed E-state index contributed by atoms with van der Waals surface area (Å²) in [6, 6.07) is 26.7. The molecule has 0 spiro atoms. The van der Waals surface area contributed by atoms with Crippen molar-refractivity contribution in [2.24, 2.45) is 5.10 Å². The Bertz CT molecular complexity index is 1050. The van der Waals surface area contributed by atoms with Gasteiger partial charge in [-0.2, -0.15) is 10.2 Å². The van der Waals surface area contributed by atoms with Crippen LogP contribution in [-0.2, 0) is 0 Å². The van der Waals surface area contributed by atoms with E-state index in [9.17, 15) is 0 Å². The molecule has 0 unspecified atom stereocenters. The Balaban J connectivity index is 1.56. The van der Waals surface area contributed by atoms with Gasteiger partial charge in [-0.1, -0.05) is 78.9 Å². The van der Waals surface area contributed by atoms with E-state index in [1.165, 1.54) is 11.1 Å². The molecule has 1 aromatic heterocycles. The van der Waals surface area contributed by atoms with Crippen LogP contribution in [0.3, 0.4) is 0 Å². The summed E-state index contributed by atoms with van der Waals surface area (Å²) in [5.74, 6) is 0.656. The zero-order chi connectivity index (χ0) is 17.8. The predicted octanol–water partition coefficient (Wildman–Crippen LogP) is 5.13. The highest BCUT2D eigenvalue weighted by atomic mass is 15.3. The Morgan fingerprint density at radius 3 is 2.31 bits per heavy atom. The monoisotopic (exact) mass is 338 g/mol. The third-order valence-electron chi connectivity index (χ3n) is 4.31. The topological polar surface area (TPSA) is 50.2 Å². The van der Waals surface area contributed by atoms with Gasteiger partial charge < -0.3 is 0 Å². The molecule has 0 saturated carbocycles. The molecule has 126 valence electrons. The van der Waals surface area contributed by atoms with Crippen LogP contribution in [0, 0.1) is 0 Å². The molecule has 0 fully saturated rings. The second-order valence-electron chi connectivity index (χ2n) is 6.03. The fourth-order valence-corrected chi connectivity index (χ4v) is 2.85. The van der Waals surface area contributed by atoms with E-state index in [-0.39, 0.29) is 0 Å². The van der Waals surface area contributed by atoms with Crippen molar-refractivity contribution in [3.8, 4) is 11.1 Å². The van der Waals surface area contributed by atoms with Gasteiger partial charge in [0.15, 0.2) is 5.82 Å². The van der Waals surface area contributed by atoms with Crippen molar-refractivity contribution in [3.05, 3.63) is 90.6 Å². The van der Waals surface area contributed by atoms with E-state index in [2.05, 4.69) is 57.1 Å². The summed E-state index contributed by atoms with van der Waals surface area (Å²) in [7, 11) is 0. The quantitative estimate of drug-likeness (QED) is 0.414. The van der Waals surface area contributed by atoms with Gasteiger partial charge >= 0.3 is 0 Å². The number of nitrogens with one attached hydrogen (secondary N) is 1. The highest BCUT2D eigenvalue weighted by molar-refractivity contribution is 6.00. The smallest absolute Gasteiger partial charge is 0.176 e. The molecular formula is C22H18N4. The van der Waals surface area contributed by atoms with Crippen molar-refractivity contribution >= 4 is 22.3 Å². The molecule has 4 heteroatoms. The molecule has 0 bridgehead atoms. The average molecular weight is 338 g/mol. The molecule has 0 saturated heterocycles. The lowest BCUT2D eigenvalue weighted by atomic mass is 10.0. The second kappa shape index (κ2) is 7.15. The minimum Gasteiger partial charge on any atom is -0.259 e. The summed E-state index contributed by atoms with van der Waals surface area (Å²) >= 11 is 0. The number of rotatable bonds is 4. The minimum atomic E-state index is 0.656. The van der Waals surface area contributed by atoms with E-state index >= 15 is 0 Å². The van der Waals surface area contributed by atoms with E-state index in [1.807, 2.05) is 49.4 Å². The molecular weight excluding hydrogens is 320 g/mol. The number of benzene rings is 3. The van der Waals surface area contributed by atoms with Crippen LogP contribution in [0.15, 0.2) is 90.2 Å². The number of fused-ring (bicyclic) bond motifs is 1. The van der Waals surface area contributed by atoms with Gasteiger partial charge in [0.1, 0.15) is 0 Å². The summed E-state index contributed by atoms with van der Waals surface area (Å²) in [6.45, 7) is 1.98. The lowest BCUT2D eigenvalue weighted by molar-refractivity contribution is 1.04. The van der Waals surface area contributed by atoms with Crippen molar-refractivity contribution in [2.45, 2.75) is 6.92 Å². The third-order valence-corrected chi connectivity index (χ3v) is 4.31. The van der Waals surface area contributed by atoms with Gasteiger partial charge in [0.2, 0.25) is 0 Å². The zero-order valence-corrected chi connectivity index (χ0v) is 14.4. The van der Waals surface area contributed by atoms with Gasteiger partial charge in [0.05, 0.1) is 11.9 Å². The number of hydrazone groups is 1. The fourth-order valence-electron chi connectivity index (χ4n) is 2.85. The van der Waals surface area contributed by atoms with Crippen LogP contribution < -0.4 is 5.43 Å². The van der Waals surface area contributed by atoms with Gasteiger partial charge in [-0.15, -0.1) is 5.10 Å². The summed E-state index contributed by atoms with van der Waals surface area (Å²) in [5.41, 5.74) is 7.39. The Labute approximate surface area is 152 Å². The lowest BCUT2D eigenvalue weighted by Crippen LogP contribution is -2.02. The van der Waals surface area contributed by atoms with E-state index in [0.717, 1.165) is 22.0 Å². The lowest BCUT2D eigenvalue weighted by Gasteiger charge is -2.06. The van der Waals surface area contributed by atoms with Crippen LogP contribution in [0.2, 0.25) is 0 Å². The second-order valence-corrected chi connectivity index (χ2v) is 6.03. The number of nitrogens with zero attached hydrogens (tertiary/aromatic N) is 3. The first kappa shape index (κ1) is 16.0. The van der Waals surface area contributed by atoms with Crippen LogP contribution >= 0.6 is 0 Å². The van der Waals surface area contributed by atoms with Crippen molar-refractivity contribution in [2.75, 3.05) is 5.43 Å². The SMILES string of the molecule is C/C(=N\Nc1nncc2ccccc12)c1ccc(-c2ccccc2)cc1. The van der Waals surface area contributed by atoms with Crippen LogP contribution in [-0.4, -0.2) is 15.9 Å². The van der Waals surface area contributed by atoms with Crippen LogP contribution in [0.5, 0.6) is 0 Å². The molecule has 0 aliphatic rings. The molecule has 1 N–H and O–H groups in total. The summed E-state index contributed by atoms with van der Waals surface area (Å²) in [4.78, 5) is 0. The number of hydrogen-bond acceptors (Lipinski definition) is 4. The van der Waals surface area contributed by atoms with E-state index in [0.29, 0.717) is 5.82 Å². The van der Waals surface area contributed by atoms with Crippen LogP contribution in [0.25, 0.3) is 21.9 Å². The maximum absolute atomic E-state index is 4.48. The first-order chi connectivity index (χ1) is 12.8. The molecule has 0 aliphatic heterocycles. The maximum Gasteiger partial charge on any atom is 0.176 e. The normalized spacial score (nSPS) is 11.5. The molecule has 4 nitrogen and oxygen atoms in total. The highest BCUT2D eigenvalue weighted by Crippen LogP contribution is 2.21. The van der Waals surface area contributed by atoms with Gasteiger partial charge in [-0.3, -0.25) is 5.43 Å². The van der Waals surface area contributed by atoms with Gasteiger partial charge in [-0.25, -0.2) is 0 Å². The maximum atomic E-state index is 4.48. The van der Waals surface area contributed by atoms with E-state index < -0.39 is 0 Å². The molecule has 0 radical (unpaired) electrons. The van der Waals surface area contributed by atoms with Crippen molar-refractivity contribution in [3.63, 3.8) is 0 Å². The van der Waals surface area contributed by atoms with Crippen molar-refractivity contribution in [1.29, 1.82) is 0 Å². The Morgan fingerprint density at radius 2 is 1.50 bits per heavy atom. The van der Waals surface area contributed by atoms with Gasteiger partial charge in [0, 0.05) is 10.8 Å². The predicted molar refractivity (Wildman–Crippen MR) is 107 cm³/mol. The molecule has 3 aromatic carbocycles. The Hall–Kier alpha value is -3.53. The van der Waals surface area contributed by atoms with Crippen molar-refractivity contribution in [1.82, 2.24) is 10.2 Å². The zero-order valence-electron chi connectivity index (χ0n) is 14.4. The van der Waals surface area contributed by atoms with E-state index in [4.69, 9.17) is 0 Å². The molecule has 4 rings (SSSR count). The standard InChI is InChI=1S/C22H18N4/c1-16(17-11-13-19(14-12-17)18-7-3-2-4-8-18)24-26-22-21-10-6-5-9-20(21)15-23-25-22/h2-15H,1H3,(H,25,26)/b24-16+. The number of hydrogen-bond donors (Lipinski definition) is 1. The van der Waals surface area contributed by atoms with Crippen LogP contribution in [0.1, 0.15) is 12.5 Å². The molecule has 0 atom stereocenters. The largest absolute Gasteiger partial charge is 0.259 e. The number of anilines is 1. The Kier molecular flexibility index (Phi) is 4.39. The van der Waals surface area contributed by atoms with E-state index in [1.54, 1.807) is 6.20 Å². The summed E-state index contributed by atoms with van der Waals surface area (Å²) in [5, 5.41) is 14.7. The van der Waals surface area contributed by atoms with Crippen LogP contribution in [0.4, 0.5) is 5.82 Å². The molecule has 4 aromatic rings. The van der Waals surface area contributed by atoms with Gasteiger partial charge in [0.25, 0.3) is 0 Å². The average Bonchev–Trinajstić information content (AvgIpc) is 2.73. The third kappa shape index (κ3) is 3.30. The molecule has 0 aliphatic carbocycles. The Morgan fingerprint density at radius 1 is 0.808 bits per heavy atom. The molecule has 0 amide bonds. The van der Waals surface area contributed by atoms with Crippen molar-refractivity contribution < 1.29 is 0 Å². The molecule has 1 heterocycles. The highest BCUT2D eigenvalue weighted by Gasteiger charge is 2.03. The first-order valence-corrected chi connectivity index (χ1v) is 8.48. The molecule has 26 heavy (non-hydrogen) atoms. The summed E-state index contributed by atoms with van der Waals surface area (Å²) < 4.78 is 0.